The van der Waals surface area contributed by atoms with Crippen LogP contribution in [-0.4, -0.2) is 34.1 Å². The van der Waals surface area contributed by atoms with Gasteiger partial charge in [-0.1, -0.05) is 18.2 Å². The third-order valence-electron chi connectivity index (χ3n) is 3.70. The second-order valence-corrected chi connectivity index (χ2v) is 5.65. The van der Waals surface area contributed by atoms with Crippen molar-refractivity contribution in [3.8, 4) is 0 Å². The van der Waals surface area contributed by atoms with E-state index in [-0.39, 0.29) is 17.5 Å². The molecule has 0 aliphatic heterocycles. The molecule has 0 radical (unpaired) electrons. The van der Waals surface area contributed by atoms with Crippen LogP contribution in [0.3, 0.4) is 0 Å². The van der Waals surface area contributed by atoms with Gasteiger partial charge in [-0.15, -0.1) is 0 Å². The normalized spacial score (nSPS) is 12.3. The zero-order chi connectivity index (χ0) is 20.2. The van der Waals surface area contributed by atoms with E-state index in [2.05, 4.69) is 5.32 Å². The summed E-state index contributed by atoms with van der Waals surface area (Å²) in [6.45, 7) is 0. The van der Waals surface area contributed by atoms with Crippen LogP contribution in [0, 0.1) is 0 Å². The minimum Gasteiger partial charge on any atom is -0.480 e. The predicted molar refractivity (Wildman–Crippen MR) is 87.4 cm³/mol. The fourth-order valence-corrected chi connectivity index (χ4v) is 2.30. The lowest BCUT2D eigenvalue weighted by Gasteiger charge is -2.15. The second-order valence-electron chi connectivity index (χ2n) is 5.65. The summed E-state index contributed by atoms with van der Waals surface area (Å²) in [7, 11) is 0. The van der Waals surface area contributed by atoms with E-state index in [1.54, 1.807) is 0 Å². The molecule has 0 fully saturated rings. The van der Waals surface area contributed by atoms with Crippen LogP contribution in [0.5, 0.6) is 0 Å². The number of carboxylic acid groups (broad SMARTS) is 2. The number of nitrogens with one attached hydrogen (secondary N) is 1. The molecule has 0 heterocycles. The highest BCUT2D eigenvalue weighted by atomic mass is 19.4. The van der Waals surface area contributed by atoms with Crippen molar-refractivity contribution in [1.82, 2.24) is 5.32 Å². The number of rotatable bonds is 6. The Balaban J connectivity index is 2.15. The molecular weight excluding hydrogens is 367 g/mol. The van der Waals surface area contributed by atoms with Crippen molar-refractivity contribution in [2.75, 3.05) is 0 Å². The Morgan fingerprint density at radius 1 is 0.963 bits per heavy atom. The molecule has 2 aromatic carbocycles. The van der Waals surface area contributed by atoms with Crippen molar-refractivity contribution in [3.05, 3.63) is 70.8 Å². The van der Waals surface area contributed by atoms with Gasteiger partial charge >= 0.3 is 18.1 Å². The van der Waals surface area contributed by atoms with Gasteiger partial charge in [0.05, 0.1) is 11.1 Å². The molecule has 0 saturated heterocycles. The van der Waals surface area contributed by atoms with E-state index in [1.807, 2.05) is 0 Å². The maximum Gasteiger partial charge on any atom is 0.416 e. The van der Waals surface area contributed by atoms with Gasteiger partial charge in [0.25, 0.3) is 5.91 Å². The number of benzene rings is 2. The number of hydrogen-bond acceptors (Lipinski definition) is 3. The molecule has 142 valence electrons. The second kappa shape index (κ2) is 7.90. The number of halogens is 3. The third kappa shape index (κ3) is 5.30. The Labute approximate surface area is 151 Å². The van der Waals surface area contributed by atoms with Crippen molar-refractivity contribution >= 4 is 17.8 Å². The van der Waals surface area contributed by atoms with Gasteiger partial charge in [0.1, 0.15) is 6.04 Å². The van der Waals surface area contributed by atoms with E-state index in [9.17, 15) is 32.7 Å². The molecule has 0 saturated carbocycles. The molecule has 1 atom stereocenters. The molecule has 2 aromatic rings. The lowest BCUT2D eigenvalue weighted by atomic mass is 10.0. The lowest BCUT2D eigenvalue weighted by Crippen LogP contribution is -2.42. The van der Waals surface area contributed by atoms with Gasteiger partial charge in [-0.25, -0.2) is 9.59 Å². The summed E-state index contributed by atoms with van der Waals surface area (Å²) in [5.74, 6) is -3.48. The van der Waals surface area contributed by atoms with Crippen molar-refractivity contribution < 1.29 is 37.8 Å². The summed E-state index contributed by atoms with van der Waals surface area (Å²) in [4.78, 5) is 34.3. The Hall–Kier alpha value is -3.36. The molecular formula is C18H14F3NO5. The SMILES string of the molecule is O=C(O)c1ccc(C[C@@H](NC(=O)c2cccc(C(F)(F)F)c2)C(=O)O)cc1. The molecule has 0 bridgehead atoms. The number of hydrogen-bond donors (Lipinski definition) is 3. The molecule has 9 heteroatoms. The zero-order valence-electron chi connectivity index (χ0n) is 13.7. The van der Waals surface area contributed by atoms with Crippen LogP contribution in [0.1, 0.15) is 31.8 Å². The monoisotopic (exact) mass is 381 g/mol. The summed E-state index contributed by atoms with van der Waals surface area (Å²) in [6.07, 6.45) is -4.80. The molecule has 0 aliphatic carbocycles. The maximum atomic E-state index is 12.7. The maximum absolute atomic E-state index is 12.7. The van der Waals surface area contributed by atoms with E-state index in [4.69, 9.17) is 5.11 Å². The summed E-state index contributed by atoms with van der Waals surface area (Å²) >= 11 is 0. The molecule has 0 aliphatic rings. The van der Waals surface area contributed by atoms with Crippen LogP contribution < -0.4 is 5.32 Å². The number of aromatic carboxylic acids is 1. The Bertz CT molecular complexity index is 862. The Morgan fingerprint density at radius 3 is 2.11 bits per heavy atom. The van der Waals surface area contributed by atoms with Crippen LogP contribution in [0.4, 0.5) is 13.2 Å². The number of carbonyl (C=O) groups is 3. The standard InChI is InChI=1S/C18H14F3NO5/c19-18(20,21)13-3-1-2-12(9-13)15(23)22-14(17(26)27)8-10-4-6-11(7-5-10)16(24)25/h1-7,9,14H,8H2,(H,22,23)(H,24,25)(H,26,27)/t14-/m1/s1. The van der Waals surface area contributed by atoms with Crippen LogP contribution >= 0.6 is 0 Å². The Kier molecular flexibility index (Phi) is 5.84. The Morgan fingerprint density at radius 2 is 1.59 bits per heavy atom. The van der Waals surface area contributed by atoms with Crippen LogP contribution in [-0.2, 0) is 17.4 Å². The first-order chi connectivity index (χ1) is 12.6. The van der Waals surface area contributed by atoms with Gasteiger partial charge in [-0.05, 0) is 35.9 Å². The van der Waals surface area contributed by atoms with E-state index in [0.29, 0.717) is 11.6 Å². The summed E-state index contributed by atoms with van der Waals surface area (Å²) in [5, 5.41) is 20.3. The van der Waals surface area contributed by atoms with Crippen molar-refractivity contribution in [2.45, 2.75) is 18.6 Å². The summed E-state index contributed by atoms with van der Waals surface area (Å²) in [6, 6.07) is 7.60. The lowest BCUT2D eigenvalue weighted by molar-refractivity contribution is -0.139. The smallest absolute Gasteiger partial charge is 0.416 e. The third-order valence-corrected chi connectivity index (χ3v) is 3.70. The first kappa shape index (κ1) is 20.0. The molecule has 2 rings (SSSR count). The molecule has 0 spiro atoms. The molecule has 6 nitrogen and oxygen atoms in total. The predicted octanol–water partition coefficient (Wildman–Crippen LogP) is 2.83. The highest BCUT2D eigenvalue weighted by Gasteiger charge is 2.31. The molecule has 0 unspecified atom stereocenters. The van der Waals surface area contributed by atoms with Gasteiger partial charge < -0.3 is 15.5 Å². The number of alkyl halides is 3. The average molecular weight is 381 g/mol. The highest BCUT2D eigenvalue weighted by Crippen LogP contribution is 2.29. The van der Waals surface area contributed by atoms with Gasteiger partial charge in [0.15, 0.2) is 0 Å². The van der Waals surface area contributed by atoms with E-state index in [0.717, 1.165) is 18.2 Å². The average Bonchev–Trinajstić information content (AvgIpc) is 2.60. The van der Waals surface area contributed by atoms with E-state index in [1.165, 1.54) is 24.3 Å². The molecule has 27 heavy (non-hydrogen) atoms. The van der Waals surface area contributed by atoms with Gasteiger partial charge in [0.2, 0.25) is 0 Å². The molecule has 0 aromatic heterocycles. The van der Waals surface area contributed by atoms with Crippen molar-refractivity contribution in [2.24, 2.45) is 0 Å². The summed E-state index contributed by atoms with van der Waals surface area (Å²) < 4.78 is 38.2. The van der Waals surface area contributed by atoms with Crippen molar-refractivity contribution in [1.29, 1.82) is 0 Å². The minimum absolute atomic E-state index is 0.0126. The minimum atomic E-state index is -4.63. The highest BCUT2D eigenvalue weighted by molar-refractivity contribution is 5.96. The number of amides is 1. The summed E-state index contributed by atoms with van der Waals surface area (Å²) in [5.41, 5.74) is -0.890. The van der Waals surface area contributed by atoms with Crippen LogP contribution in [0.2, 0.25) is 0 Å². The fraction of sp³-hybridized carbons (Fsp3) is 0.167. The molecule has 3 N–H and O–H groups in total. The van der Waals surface area contributed by atoms with E-state index >= 15 is 0 Å². The van der Waals surface area contributed by atoms with E-state index < -0.39 is 35.6 Å². The topological polar surface area (TPSA) is 104 Å². The molecule has 1 amide bonds. The van der Waals surface area contributed by atoms with Gasteiger partial charge in [0, 0.05) is 12.0 Å². The first-order valence-electron chi connectivity index (χ1n) is 7.61. The number of aliphatic carboxylic acids is 1. The largest absolute Gasteiger partial charge is 0.480 e. The quantitative estimate of drug-likeness (QED) is 0.714. The number of carboxylic acids is 2. The first-order valence-corrected chi connectivity index (χ1v) is 7.61. The number of carbonyl (C=O) groups excluding carboxylic acids is 1. The van der Waals surface area contributed by atoms with Gasteiger partial charge in [-0.2, -0.15) is 13.2 Å². The fourth-order valence-electron chi connectivity index (χ4n) is 2.30. The van der Waals surface area contributed by atoms with Crippen LogP contribution in [0.15, 0.2) is 48.5 Å². The van der Waals surface area contributed by atoms with Crippen molar-refractivity contribution in [3.63, 3.8) is 0 Å². The van der Waals surface area contributed by atoms with Gasteiger partial charge in [-0.3, -0.25) is 4.79 Å². The zero-order valence-corrected chi connectivity index (χ0v) is 13.7. The van der Waals surface area contributed by atoms with Crippen LogP contribution in [0.25, 0.3) is 0 Å².